The van der Waals surface area contributed by atoms with Gasteiger partial charge >= 0.3 is 0 Å². The number of amides is 1. The molecule has 0 spiro atoms. The monoisotopic (exact) mass is 416 g/mol. The Kier molecular flexibility index (Phi) is 4.03. The second kappa shape index (κ2) is 6.07. The zero-order chi connectivity index (χ0) is 22.3. The fourth-order valence-electron chi connectivity index (χ4n) is 5.01. The average Bonchev–Trinajstić information content (AvgIpc) is 2.67. The van der Waals surface area contributed by atoms with E-state index in [9.17, 15) is 39.9 Å². The number of phenolic OH excluding ortho intramolecular Hbond substituents is 1. The number of hydrogen-bond acceptors (Lipinski definition) is 9. The van der Waals surface area contributed by atoms with Gasteiger partial charge < -0.3 is 37.0 Å². The van der Waals surface area contributed by atoms with Gasteiger partial charge in [0.1, 0.15) is 22.8 Å². The Labute approximate surface area is 169 Å². The standard InChI is InChI=1S/C20H20N2O8/c1-5-6-2-3-8(21)15(25)11(6)16(26)13-10(5)14(24)7-4-9(23)12(19(22)29)17(27)20(7,30)18(13)28/h2-3,5,7,10,14,24-27,30H,4,21H2,1H3,(H2,22,29)/t5-,7-,10-,14+,20-/m1/s1. The highest BCUT2D eigenvalue weighted by Crippen LogP contribution is 2.55. The van der Waals surface area contributed by atoms with Gasteiger partial charge in [-0.3, -0.25) is 14.4 Å². The second-order valence-corrected chi connectivity index (χ2v) is 7.95. The summed E-state index contributed by atoms with van der Waals surface area (Å²) in [7, 11) is 0. The molecular weight excluding hydrogens is 396 g/mol. The topological polar surface area (TPSA) is 204 Å². The number of carbonyl (C=O) groups excluding carboxylic acids is 3. The van der Waals surface area contributed by atoms with E-state index in [1.807, 2.05) is 0 Å². The Hall–Kier alpha value is -3.37. The summed E-state index contributed by atoms with van der Waals surface area (Å²) in [6, 6.07) is 2.95. The summed E-state index contributed by atoms with van der Waals surface area (Å²) >= 11 is 0. The van der Waals surface area contributed by atoms with Gasteiger partial charge in [0.15, 0.2) is 11.4 Å². The number of aromatic hydroxyl groups is 1. The van der Waals surface area contributed by atoms with Gasteiger partial charge in [-0.1, -0.05) is 13.0 Å². The van der Waals surface area contributed by atoms with E-state index in [0.29, 0.717) is 5.56 Å². The molecule has 1 aromatic carbocycles. The average molecular weight is 416 g/mol. The second-order valence-electron chi connectivity index (χ2n) is 7.95. The predicted octanol–water partition coefficient (Wildman–Crippen LogP) is -0.462. The van der Waals surface area contributed by atoms with Crippen LogP contribution in [0.2, 0.25) is 0 Å². The third-order valence-electron chi connectivity index (χ3n) is 6.53. The summed E-state index contributed by atoms with van der Waals surface area (Å²) in [5.41, 5.74) is 6.83. The van der Waals surface area contributed by atoms with Crippen LogP contribution in [-0.2, 0) is 14.4 Å². The smallest absolute Gasteiger partial charge is 0.255 e. The number of nitrogen functional groups attached to an aromatic ring is 1. The van der Waals surface area contributed by atoms with E-state index in [1.165, 1.54) is 12.1 Å². The molecular formula is C20H20N2O8. The molecule has 0 unspecified atom stereocenters. The Balaban J connectivity index is 2.03. The number of rotatable bonds is 1. The van der Waals surface area contributed by atoms with Gasteiger partial charge in [-0.25, -0.2) is 0 Å². The number of aliphatic hydroxyl groups excluding tert-OH is 3. The molecule has 0 saturated heterocycles. The lowest BCUT2D eigenvalue weighted by atomic mass is 9.55. The van der Waals surface area contributed by atoms with Crippen LogP contribution in [0.3, 0.4) is 0 Å². The first-order valence-corrected chi connectivity index (χ1v) is 9.21. The van der Waals surface area contributed by atoms with E-state index in [0.717, 1.165) is 0 Å². The maximum absolute atomic E-state index is 13.4. The number of aliphatic hydroxyl groups is 4. The van der Waals surface area contributed by atoms with Crippen molar-refractivity contribution < 1.29 is 39.9 Å². The summed E-state index contributed by atoms with van der Waals surface area (Å²) < 4.78 is 0. The Morgan fingerprint density at radius 1 is 1.20 bits per heavy atom. The molecule has 0 heterocycles. The molecule has 1 amide bonds. The predicted molar refractivity (Wildman–Crippen MR) is 102 cm³/mol. The Bertz CT molecular complexity index is 1100. The summed E-state index contributed by atoms with van der Waals surface area (Å²) in [4.78, 5) is 37.3. The quantitative estimate of drug-likeness (QED) is 0.179. The number of primary amides is 1. The van der Waals surface area contributed by atoms with Gasteiger partial charge in [0.25, 0.3) is 5.91 Å². The van der Waals surface area contributed by atoms with E-state index >= 15 is 0 Å². The van der Waals surface area contributed by atoms with Crippen molar-refractivity contribution in [2.75, 3.05) is 5.73 Å². The highest BCUT2D eigenvalue weighted by molar-refractivity contribution is 6.23. The summed E-state index contributed by atoms with van der Waals surface area (Å²) in [5.74, 6) is -9.01. The van der Waals surface area contributed by atoms with Crippen LogP contribution in [0, 0.1) is 11.8 Å². The molecule has 3 aliphatic rings. The lowest BCUT2D eigenvalue weighted by Crippen LogP contribution is -2.63. The van der Waals surface area contributed by atoms with E-state index in [2.05, 4.69) is 0 Å². The number of carbonyl (C=O) groups is 3. The van der Waals surface area contributed by atoms with Crippen LogP contribution in [0.15, 0.2) is 29.0 Å². The fraction of sp³-hybridized carbons (Fsp3) is 0.350. The first-order valence-electron chi connectivity index (χ1n) is 9.21. The first-order chi connectivity index (χ1) is 13.9. The number of anilines is 1. The van der Waals surface area contributed by atoms with E-state index in [4.69, 9.17) is 11.5 Å². The Morgan fingerprint density at radius 2 is 1.83 bits per heavy atom. The lowest BCUT2D eigenvalue weighted by molar-refractivity contribution is -0.160. The van der Waals surface area contributed by atoms with Crippen molar-refractivity contribution in [3.05, 3.63) is 40.2 Å². The van der Waals surface area contributed by atoms with Crippen molar-refractivity contribution in [1.82, 2.24) is 0 Å². The minimum absolute atomic E-state index is 0.0611. The van der Waals surface area contributed by atoms with Gasteiger partial charge in [0.2, 0.25) is 5.78 Å². The van der Waals surface area contributed by atoms with E-state index in [1.54, 1.807) is 6.92 Å². The molecule has 9 N–H and O–H groups in total. The maximum Gasteiger partial charge on any atom is 0.255 e. The van der Waals surface area contributed by atoms with Crippen molar-refractivity contribution in [1.29, 1.82) is 0 Å². The Morgan fingerprint density at radius 3 is 2.43 bits per heavy atom. The number of Topliss-reactive ketones (excluding diaryl/α,β-unsaturated/α-hetero) is 2. The lowest BCUT2D eigenvalue weighted by Gasteiger charge is -2.50. The minimum atomic E-state index is -2.84. The van der Waals surface area contributed by atoms with Crippen molar-refractivity contribution in [2.45, 2.75) is 31.0 Å². The van der Waals surface area contributed by atoms with Crippen molar-refractivity contribution in [2.24, 2.45) is 17.6 Å². The van der Waals surface area contributed by atoms with E-state index in [-0.39, 0.29) is 11.3 Å². The first kappa shape index (κ1) is 19.9. The minimum Gasteiger partial charge on any atom is -0.508 e. The molecule has 0 bridgehead atoms. The normalized spacial score (nSPS) is 33.2. The molecule has 1 aromatic rings. The third-order valence-corrected chi connectivity index (χ3v) is 6.53. The highest BCUT2D eigenvalue weighted by atomic mass is 16.4. The van der Waals surface area contributed by atoms with Gasteiger partial charge in [-0.05, 0) is 17.5 Å². The SMILES string of the molecule is C[C@@H]1c2ccc(N)c(O)c2C(O)=C2C(=O)[C@]3(O)C(O)=C(C(N)=O)C(=O)C[C@@H]3[C@H](O)[C@@H]21. The molecule has 5 atom stereocenters. The van der Waals surface area contributed by atoms with Gasteiger partial charge in [0, 0.05) is 23.8 Å². The number of phenols is 1. The molecule has 1 saturated carbocycles. The maximum atomic E-state index is 13.4. The van der Waals surface area contributed by atoms with Crippen LogP contribution in [0.4, 0.5) is 5.69 Å². The van der Waals surface area contributed by atoms with Crippen LogP contribution in [-0.4, -0.2) is 54.7 Å². The number of fused-ring (bicyclic) bond motifs is 3. The summed E-state index contributed by atoms with van der Waals surface area (Å²) in [6.07, 6.45) is -2.16. The molecule has 158 valence electrons. The van der Waals surface area contributed by atoms with Crippen molar-refractivity contribution in [3.8, 4) is 5.75 Å². The van der Waals surface area contributed by atoms with Gasteiger partial charge in [0.05, 0.1) is 17.4 Å². The molecule has 0 radical (unpaired) electrons. The highest BCUT2D eigenvalue weighted by Gasteiger charge is 2.64. The van der Waals surface area contributed by atoms with Gasteiger partial charge in [-0.2, -0.15) is 0 Å². The van der Waals surface area contributed by atoms with Gasteiger partial charge in [-0.15, -0.1) is 0 Å². The zero-order valence-electron chi connectivity index (χ0n) is 15.8. The van der Waals surface area contributed by atoms with E-state index < -0.39 is 81.8 Å². The number of nitrogens with two attached hydrogens (primary N) is 2. The number of benzene rings is 1. The largest absolute Gasteiger partial charge is 0.508 e. The molecule has 10 heteroatoms. The summed E-state index contributed by atoms with van der Waals surface area (Å²) in [5, 5.41) is 53.9. The number of hydrogen-bond donors (Lipinski definition) is 7. The molecule has 4 rings (SSSR count). The van der Waals surface area contributed by atoms with Crippen LogP contribution < -0.4 is 11.5 Å². The van der Waals surface area contributed by atoms with Crippen molar-refractivity contribution in [3.63, 3.8) is 0 Å². The zero-order valence-corrected chi connectivity index (χ0v) is 15.8. The number of ketones is 2. The van der Waals surface area contributed by atoms with Crippen molar-refractivity contribution >= 4 is 28.9 Å². The molecule has 3 aliphatic carbocycles. The van der Waals surface area contributed by atoms with Crippen LogP contribution in [0.25, 0.3) is 5.76 Å². The molecule has 0 aliphatic heterocycles. The van der Waals surface area contributed by atoms with Crippen LogP contribution >= 0.6 is 0 Å². The molecule has 10 nitrogen and oxygen atoms in total. The van der Waals surface area contributed by atoms with Crippen LogP contribution in [0.1, 0.15) is 30.4 Å². The van der Waals surface area contributed by atoms with Crippen LogP contribution in [0.5, 0.6) is 5.75 Å². The molecule has 1 fully saturated rings. The summed E-state index contributed by atoms with van der Waals surface area (Å²) in [6.45, 7) is 1.64. The third kappa shape index (κ3) is 2.17. The molecule has 30 heavy (non-hydrogen) atoms. The fourth-order valence-corrected chi connectivity index (χ4v) is 5.01. The molecule has 0 aromatic heterocycles.